The number of nitrogens with zero attached hydrogens (tertiary/aromatic N) is 2. The monoisotopic (exact) mass is 358 g/mol. The molecule has 1 atom stereocenters. The van der Waals surface area contributed by atoms with Crippen molar-refractivity contribution in [1.82, 2.24) is 9.21 Å². The second-order valence-electron chi connectivity index (χ2n) is 6.65. The van der Waals surface area contributed by atoms with Crippen LogP contribution >= 0.6 is 0 Å². The molecule has 2 heterocycles. The van der Waals surface area contributed by atoms with Crippen molar-refractivity contribution in [1.29, 1.82) is 0 Å². The summed E-state index contributed by atoms with van der Waals surface area (Å²) in [6, 6.07) is 15.8. The zero-order chi connectivity index (χ0) is 17.4. The lowest BCUT2D eigenvalue weighted by Crippen LogP contribution is -2.53. The van der Waals surface area contributed by atoms with Gasteiger partial charge in [0, 0.05) is 13.1 Å². The van der Waals surface area contributed by atoms with Gasteiger partial charge in [0.1, 0.15) is 5.75 Å². The lowest BCUT2D eigenvalue weighted by Gasteiger charge is -2.44. The molecular weight excluding hydrogens is 336 g/mol. The van der Waals surface area contributed by atoms with Crippen LogP contribution in [0, 0.1) is 0 Å². The van der Waals surface area contributed by atoms with Crippen molar-refractivity contribution in [2.45, 2.75) is 19.0 Å². The third-order valence-electron chi connectivity index (χ3n) is 5.14. The van der Waals surface area contributed by atoms with Crippen molar-refractivity contribution >= 4 is 10.0 Å². The minimum Gasteiger partial charge on any atom is -0.497 e. The van der Waals surface area contributed by atoms with Gasteiger partial charge in [0.2, 0.25) is 10.0 Å². The predicted molar refractivity (Wildman–Crippen MR) is 96.8 cm³/mol. The number of methoxy groups -OCH3 is 1. The van der Waals surface area contributed by atoms with E-state index in [1.165, 1.54) is 11.1 Å². The van der Waals surface area contributed by atoms with E-state index in [9.17, 15) is 8.42 Å². The van der Waals surface area contributed by atoms with Crippen LogP contribution in [0.15, 0.2) is 48.5 Å². The van der Waals surface area contributed by atoms with E-state index in [2.05, 4.69) is 17.0 Å². The minimum atomic E-state index is -3.29. The Bertz CT molecular complexity index is 864. The summed E-state index contributed by atoms with van der Waals surface area (Å²) < 4.78 is 32.5. The van der Waals surface area contributed by atoms with E-state index in [0.29, 0.717) is 13.2 Å². The number of sulfonamides is 1. The third kappa shape index (κ3) is 3.17. The van der Waals surface area contributed by atoms with Gasteiger partial charge in [0.15, 0.2) is 0 Å². The summed E-state index contributed by atoms with van der Waals surface area (Å²) in [6.45, 7) is 1.75. The van der Waals surface area contributed by atoms with Crippen molar-refractivity contribution in [3.05, 3.63) is 65.2 Å². The molecule has 0 N–H and O–H groups in total. The fourth-order valence-electron chi connectivity index (χ4n) is 3.75. The first-order valence-electron chi connectivity index (χ1n) is 8.49. The SMILES string of the molecule is COc1ccc(CN2CN3CCc4ccccc4C3CS2(=O)=O)cc1. The van der Waals surface area contributed by atoms with Crippen LogP contribution in [0.2, 0.25) is 0 Å². The van der Waals surface area contributed by atoms with E-state index in [-0.39, 0.29) is 11.8 Å². The van der Waals surface area contributed by atoms with E-state index >= 15 is 0 Å². The van der Waals surface area contributed by atoms with Gasteiger partial charge in [-0.25, -0.2) is 8.42 Å². The number of hydrogen-bond donors (Lipinski definition) is 0. The Balaban J connectivity index is 1.56. The molecule has 0 saturated carbocycles. The van der Waals surface area contributed by atoms with Crippen molar-refractivity contribution < 1.29 is 13.2 Å². The standard InChI is InChI=1S/C19H22N2O3S/c1-24-17-8-6-15(7-9-17)12-21-14-20-11-10-16-4-2-3-5-18(16)19(20)13-25(21,22)23/h2-9,19H,10-14H2,1H3. The Hall–Kier alpha value is -1.89. The molecule has 0 spiro atoms. The third-order valence-corrected chi connectivity index (χ3v) is 6.91. The Kier molecular flexibility index (Phi) is 4.27. The number of rotatable bonds is 3. The van der Waals surface area contributed by atoms with Gasteiger partial charge >= 0.3 is 0 Å². The molecular formula is C19H22N2O3S. The number of benzene rings is 2. The Morgan fingerprint density at radius 1 is 1.12 bits per heavy atom. The van der Waals surface area contributed by atoms with Gasteiger partial charge < -0.3 is 4.74 Å². The van der Waals surface area contributed by atoms with Crippen molar-refractivity contribution in [2.75, 3.05) is 26.1 Å². The van der Waals surface area contributed by atoms with E-state index in [4.69, 9.17) is 4.74 Å². The van der Waals surface area contributed by atoms with Gasteiger partial charge in [-0.2, -0.15) is 4.31 Å². The molecule has 4 rings (SSSR count). The van der Waals surface area contributed by atoms with Crippen molar-refractivity contribution in [3.63, 3.8) is 0 Å². The van der Waals surface area contributed by atoms with Gasteiger partial charge in [-0.15, -0.1) is 0 Å². The quantitative estimate of drug-likeness (QED) is 0.845. The highest BCUT2D eigenvalue weighted by Gasteiger charge is 2.40. The minimum absolute atomic E-state index is 0.0259. The Morgan fingerprint density at radius 2 is 1.88 bits per heavy atom. The summed E-state index contributed by atoms with van der Waals surface area (Å²) in [6.07, 6.45) is 0.975. The zero-order valence-corrected chi connectivity index (χ0v) is 15.1. The molecule has 2 aromatic rings. The first-order chi connectivity index (χ1) is 12.1. The fraction of sp³-hybridized carbons (Fsp3) is 0.368. The molecule has 1 unspecified atom stereocenters. The Labute approximate surface area is 148 Å². The van der Waals surface area contributed by atoms with Crippen LogP contribution < -0.4 is 4.74 Å². The topological polar surface area (TPSA) is 49.9 Å². The van der Waals surface area contributed by atoms with Crippen molar-refractivity contribution in [3.8, 4) is 5.75 Å². The lowest BCUT2D eigenvalue weighted by atomic mass is 9.94. The highest BCUT2D eigenvalue weighted by molar-refractivity contribution is 7.89. The molecule has 2 aliphatic heterocycles. The average Bonchev–Trinajstić information content (AvgIpc) is 2.63. The largest absolute Gasteiger partial charge is 0.497 e. The van der Waals surface area contributed by atoms with Crippen LogP contribution in [-0.4, -0.2) is 43.7 Å². The van der Waals surface area contributed by atoms with Crippen LogP contribution in [0.1, 0.15) is 22.7 Å². The molecule has 0 radical (unpaired) electrons. The molecule has 0 aromatic heterocycles. The van der Waals surface area contributed by atoms with E-state index in [0.717, 1.165) is 24.3 Å². The molecule has 0 amide bonds. The molecule has 2 aromatic carbocycles. The van der Waals surface area contributed by atoms with E-state index in [1.54, 1.807) is 11.4 Å². The van der Waals surface area contributed by atoms with Gasteiger partial charge in [-0.1, -0.05) is 36.4 Å². The number of fused-ring (bicyclic) bond motifs is 3. The molecule has 5 nitrogen and oxygen atoms in total. The molecule has 1 fully saturated rings. The van der Waals surface area contributed by atoms with Crippen molar-refractivity contribution in [2.24, 2.45) is 0 Å². The summed E-state index contributed by atoms with van der Waals surface area (Å²) >= 11 is 0. The second-order valence-corrected chi connectivity index (χ2v) is 8.67. The first kappa shape index (κ1) is 16.6. The van der Waals surface area contributed by atoms with Gasteiger partial charge in [-0.3, -0.25) is 4.90 Å². The van der Waals surface area contributed by atoms with Crippen LogP contribution in [-0.2, 0) is 23.0 Å². The van der Waals surface area contributed by atoms with Crippen LogP contribution in [0.5, 0.6) is 5.75 Å². The lowest BCUT2D eigenvalue weighted by molar-refractivity contribution is 0.119. The maximum Gasteiger partial charge on any atom is 0.217 e. The average molecular weight is 358 g/mol. The smallest absolute Gasteiger partial charge is 0.217 e. The summed E-state index contributed by atoms with van der Waals surface area (Å²) in [4.78, 5) is 2.28. The fourth-order valence-corrected chi connectivity index (χ4v) is 5.42. The molecule has 6 heteroatoms. The predicted octanol–water partition coefficient (Wildman–Crippen LogP) is 2.40. The molecule has 0 bridgehead atoms. The van der Waals surface area contributed by atoms with Gasteiger partial charge in [0.05, 0.1) is 25.6 Å². The highest BCUT2D eigenvalue weighted by atomic mass is 32.2. The molecule has 1 saturated heterocycles. The summed E-state index contributed by atoms with van der Waals surface area (Å²) in [5.74, 6) is 0.929. The molecule has 25 heavy (non-hydrogen) atoms. The second kappa shape index (κ2) is 6.44. The normalized spacial score (nSPS) is 22.8. The first-order valence-corrected chi connectivity index (χ1v) is 10.1. The molecule has 2 aliphatic rings. The van der Waals surface area contributed by atoms with E-state index < -0.39 is 10.0 Å². The summed E-state index contributed by atoms with van der Waals surface area (Å²) in [5.41, 5.74) is 3.42. The van der Waals surface area contributed by atoms with Crippen LogP contribution in [0.25, 0.3) is 0 Å². The zero-order valence-electron chi connectivity index (χ0n) is 14.3. The van der Waals surface area contributed by atoms with E-state index in [1.807, 2.05) is 36.4 Å². The Morgan fingerprint density at radius 3 is 2.64 bits per heavy atom. The van der Waals surface area contributed by atoms with Gasteiger partial charge in [0.25, 0.3) is 0 Å². The molecule has 0 aliphatic carbocycles. The van der Waals surface area contributed by atoms with Gasteiger partial charge in [-0.05, 0) is 35.2 Å². The maximum atomic E-state index is 12.8. The summed E-state index contributed by atoms with van der Waals surface area (Å²) in [5, 5.41) is 0. The van der Waals surface area contributed by atoms with Crippen LogP contribution in [0.3, 0.4) is 0 Å². The highest BCUT2D eigenvalue weighted by Crippen LogP contribution is 2.35. The number of hydrogen-bond acceptors (Lipinski definition) is 4. The maximum absolute atomic E-state index is 12.8. The van der Waals surface area contributed by atoms with Crippen LogP contribution in [0.4, 0.5) is 0 Å². The summed E-state index contributed by atoms with van der Waals surface area (Å²) in [7, 11) is -1.67. The number of ether oxygens (including phenoxy) is 1. The molecule has 132 valence electrons.